The second-order valence-corrected chi connectivity index (χ2v) is 11.7. The van der Waals surface area contributed by atoms with Crippen molar-refractivity contribution in [2.75, 3.05) is 0 Å². The van der Waals surface area contributed by atoms with E-state index < -0.39 is 11.9 Å². The van der Waals surface area contributed by atoms with Gasteiger partial charge in [-0.2, -0.15) is 18.2 Å². The van der Waals surface area contributed by atoms with Crippen LogP contribution >= 0.6 is 0 Å². The SMILES string of the molecule is CC(C)c1cccc2c1c1ncc3c(c1c1n2c2ccccc2[n+]1C)Cc1c(Cc2cccc[n+]2C)c(F)nc(F)c1O3. The first-order valence-corrected chi connectivity index (χ1v) is 14.5. The Hall–Kier alpha value is -4.98. The molecule has 212 valence electrons. The lowest BCUT2D eigenvalue weighted by Gasteiger charge is -2.24. The molecule has 8 heteroatoms. The molecule has 2 aromatic carbocycles. The van der Waals surface area contributed by atoms with E-state index in [-0.39, 0.29) is 24.5 Å². The van der Waals surface area contributed by atoms with E-state index >= 15 is 8.78 Å². The predicted octanol–water partition coefficient (Wildman–Crippen LogP) is 6.53. The van der Waals surface area contributed by atoms with Crippen LogP contribution in [0.25, 0.3) is 38.5 Å². The monoisotopic (exact) mass is 573 g/mol. The van der Waals surface area contributed by atoms with Crippen LogP contribution in [0.2, 0.25) is 0 Å². The summed E-state index contributed by atoms with van der Waals surface area (Å²) < 4.78 is 43.4. The first-order valence-electron chi connectivity index (χ1n) is 14.5. The smallest absolute Gasteiger partial charge is 0.297 e. The molecule has 0 saturated heterocycles. The van der Waals surface area contributed by atoms with E-state index in [1.54, 1.807) is 6.20 Å². The fraction of sp³-hybridized carbons (Fsp3) is 0.200. The Labute approximate surface area is 246 Å². The second-order valence-electron chi connectivity index (χ2n) is 11.7. The summed E-state index contributed by atoms with van der Waals surface area (Å²) in [6.07, 6.45) is 4.11. The maximum absolute atomic E-state index is 15.5. The molecule has 6 nitrogen and oxygen atoms in total. The molecule has 5 aromatic heterocycles. The fourth-order valence-corrected chi connectivity index (χ4v) is 6.82. The highest BCUT2D eigenvalue weighted by Gasteiger charge is 2.34. The highest BCUT2D eigenvalue weighted by Crippen LogP contribution is 2.45. The molecular weight excluding hydrogens is 544 g/mol. The van der Waals surface area contributed by atoms with Crippen LogP contribution in [0.5, 0.6) is 11.5 Å². The molecule has 6 heterocycles. The van der Waals surface area contributed by atoms with Gasteiger partial charge in [0.2, 0.25) is 5.95 Å². The molecule has 7 aromatic rings. The number of aromatic nitrogens is 5. The third kappa shape index (κ3) is 3.62. The molecule has 0 amide bonds. The summed E-state index contributed by atoms with van der Waals surface area (Å²) in [5.41, 5.74) is 8.73. The van der Waals surface area contributed by atoms with E-state index in [0.717, 1.165) is 49.7 Å². The zero-order valence-electron chi connectivity index (χ0n) is 24.3. The summed E-state index contributed by atoms with van der Waals surface area (Å²) in [6, 6.07) is 20.5. The number of nitrogens with zero attached hydrogens (tertiary/aromatic N) is 5. The quantitative estimate of drug-likeness (QED) is 0.137. The van der Waals surface area contributed by atoms with Crippen LogP contribution in [-0.4, -0.2) is 14.4 Å². The number of hydrogen-bond acceptors (Lipinski definition) is 3. The number of imidazole rings is 1. The highest BCUT2D eigenvalue weighted by atomic mass is 19.1. The summed E-state index contributed by atoms with van der Waals surface area (Å²) >= 11 is 0. The summed E-state index contributed by atoms with van der Waals surface area (Å²) in [5, 5.41) is 1.98. The predicted molar refractivity (Wildman–Crippen MR) is 160 cm³/mol. The molecule has 0 fully saturated rings. The van der Waals surface area contributed by atoms with E-state index in [4.69, 9.17) is 9.72 Å². The molecule has 0 atom stereocenters. The van der Waals surface area contributed by atoms with Crippen molar-refractivity contribution in [1.29, 1.82) is 0 Å². The van der Waals surface area contributed by atoms with Gasteiger partial charge in [0.25, 0.3) is 11.6 Å². The van der Waals surface area contributed by atoms with Crippen molar-refractivity contribution in [2.45, 2.75) is 32.6 Å². The average molecular weight is 574 g/mol. The Balaban J connectivity index is 1.49. The van der Waals surface area contributed by atoms with Crippen LogP contribution in [0, 0.1) is 11.9 Å². The van der Waals surface area contributed by atoms with Gasteiger partial charge in [-0.05, 0) is 29.7 Å². The first kappa shape index (κ1) is 25.7. The van der Waals surface area contributed by atoms with Gasteiger partial charge >= 0.3 is 0 Å². The third-order valence-electron chi connectivity index (χ3n) is 8.92. The number of halogens is 2. The number of benzene rings is 2. The van der Waals surface area contributed by atoms with Crippen molar-refractivity contribution in [2.24, 2.45) is 14.1 Å². The van der Waals surface area contributed by atoms with Gasteiger partial charge in [-0.25, -0.2) is 9.13 Å². The molecule has 0 unspecified atom stereocenters. The largest absolute Gasteiger partial charge is 0.450 e. The molecule has 0 bridgehead atoms. The lowest BCUT2D eigenvalue weighted by atomic mass is 9.91. The lowest BCUT2D eigenvalue weighted by molar-refractivity contribution is -0.678. The number of aryl methyl sites for hydroxylation is 2. The van der Waals surface area contributed by atoms with Gasteiger partial charge in [-0.15, -0.1) is 0 Å². The van der Waals surface area contributed by atoms with Crippen molar-refractivity contribution in [3.05, 3.63) is 113 Å². The van der Waals surface area contributed by atoms with Crippen molar-refractivity contribution in [3.63, 3.8) is 0 Å². The van der Waals surface area contributed by atoms with E-state index in [2.05, 4.69) is 65.2 Å². The molecule has 0 aliphatic carbocycles. The van der Waals surface area contributed by atoms with E-state index in [0.29, 0.717) is 16.9 Å². The summed E-state index contributed by atoms with van der Waals surface area (Å²) in [5.74, 6) is -1.10. The van der Waals surface area contributed by atoms with E-state index in [1.807, 2.05) is 48.1 Å². The van der Waals surface area contributed by atoms with Gasteiger partial charge in [0.15, 0.2) is 28.7 Å². The topological polar surface area (TPSA) is 47.2 Å². The number of fused-ring (bicyclic) bond motifs is 11. The van der Waals surface area contributed by atoms with Crippen LogP contribution in [0.3, 0.4) is 0 Å². The van der Waals surface area contributed by atoms with E-state index in [1.165, 1.54) is 5.56 Å². The minimum absolute atomic E-state index is 0.0340. The van der Waals surface area contributed by atoms with Gasteiger partial charge in [-0.3, -0.25) is 4.98 Å². The van der Waals surface area contributed by atoms with Crippen LogP contribution in [0.4, 0.5) is 8.78 Å². The van der Waals surface area contributed by atoms with Gasteiger partial charge in [-0.1, -0.05) is 44.2 Å². The van der Waals surface area contributed by atoms with Crippen molar-refractivity contribution < 1.29 is 22.7 Å². The molecule has 0 spiro atoms. The van der Waals surface area contributed by atoms with Crippen molar-refractivity contribution >= 4 is 38.5 Å². The Bertz CT molecular complexity index is 2310. The van der Waals surface area contributed by atoms with Gasteiger partial charge in [0.1, 0.15) is 18.3 Å². The molecule has 1 aliphatic rings. The second kappa shape index (κ2) is 9.26. The van der Waals surface area contributed by atoms with Crippen LogP contribution in [0.15, 0.2) is 73.1 Å². The van der Waals surface area contributed by atoms with Crippen molar-refractivity contribution in [3.8, 4) is 11.5 Å². The maximum Gasteiger partial charge on any atom is 0.297 e. The molecular formula is C35H29F2N5O+2. The summed E-state index contributed by atoms with van der Waals surface area (Å²) in [4.78, 5) is 8.59. The number of ether oxygens (including phenoxy) is 1. The number of pyridine rings is 4. The fourth-order valence-electron chi connectivity index (χ4n) is 6.82. The zero-order chi connectivity index (χ0) is 29.6. The average Bonchev–Trinajstić information content (AvgIpc) is 3.31. The lowest BCUT2D eigenvalue weighted by Crippen LogP contribution is -2.33. The van der Waals surface area contributed by atoms with Gasteiger partial charge in [0, 0.05) is 35.2 Å². The molecule has 0 radical (unpaired) electrons. The molecule has 43 heavy (non-hydrogen) atoms. The number of hydrogen-bond donors (Lipinski definition) is 0. The van der Waals surface area contributed by atoms with E-state index in [9.17, 15) is 0 Å². The minimum Gasteiger partial charge on any atom is -0.450 e. The number of para-hydroxylation sites is 2. The first-order chi connectivity index (χ1) is 20.8. The third-order valence-corrected chi connectivity index (χ3v) is 8.92. The Kier molecular flexibility index (Phi) is 5.54. The molecule has 0 N–H and O–H groups in total. The summed E-state index contributed by atoms with van der Waals surface area (Å²) in [6.45, 7) is 4.37. The maximum atomic E-state index is 15.5. The van der Waals surface area contributed by atoms with Crippen molar-refractivity contribution in [1.82, 2.24) is 14.4 Å². The standard InChI is InChI=1S/C35H29F2N5O/c1-19(2)21-11-9-14-27-29(21)31-30(35-41(4)25-12-5-6-13-26(25)42(27)35)24-17-22-23(16-20-10-7-8-15-40(20)3)33(36)39-34(37)32(22)43-28(24)18-38-31/h5-15,18-19H,16-17H2,1-4H3/q+2. The summed E-state index contributed by atoms with van der Waals surface area (Å²) in [7, 11) is 3.96. The number of rotatable bonds is 3. The normalized spacial score (nSPS) is 12.8. The Morgan fingerprint density at radius 2 is 1.70 bits per heavy atom. The van der Waals surface area contributed by atoms with Crippen LogP contribution in [0.1, 0.15) is 47.7 Å². The Morgan fingerprint density at radius 1 is 0.907 bits per heavy atom. The molecule has 1 aliphatic heterocycles. The van der Waals surface area contributed by atoms with Gasteiger partial charge in [0.05, 0.1) is 36.0 Å². The van der Waals surface area contributed by atoms with Crippen LogP contribution < -0.4 is 13.9 Å². The van der Waals surface area contributed by atoms with Gasteiger partial charge < -0.3 is 4.74 Å². The van der Waals surface area contributed by atoms with Crippen LogP contribution in [-0.2, 0) is 26.9 Å². The zero-order valence-corrected chi connectivity index (χ0v) is 24.3. The minimum atomic E-state index is -0.954. The Morgan fingerprint density at radius 3 is 2.51 bits per heavy atom. The highest BCUT2D eigenvalue weighted by molar-refractivity contribution is 6.14. The molecule has 8 rings (SSSR count). The molecule has 0 saturated carbocycles.